The SMILES string of the molecule is O=C(NC1CC(=O)N(c2ccccc2Cl)C1)C1CCCN1. The molecule has 0 bridgehead atoms. The predicted molar refractivity (Wildman–Crippen MR) is 81.4 cm³/mol. The molecule has 2 amide bonds. The molecule has 1 aromatic rings. The lowest BCUT2D eigenvalue weighted by Crippen LogP contribution is -2.46. The maximum Gasteiger partial charge on any atom is 0.237 e. The zero-order valence-electron chi connectivity index (χ0n) is 11.6. The van der Waals surface area contributed by atoms with E-state index in [0.717, 1.165) is 19.4 Å². The summed E-state index contributed by atoms with van der Waals surface area (Å²) in [6.07, 6.45) is 2.21. The molecule has 2 heterocycles. The Hall–Kier alpha value is -1.59. The number of hydrogen-bond donors (Lipinski definition) is 2. The van der Waals surface area contributed by atoms with Gasteiger partial charge in [-0.2, -0.15) is 0 Å². The second-order valence-electron chi connectivity index (χ2n) is 5.51. The first-order chi connectivity index (χ1) is 10.1. The Bertz CT molecular complexity index is 558. The molecule has 1 aromatic carbocycles. The molecule has 0 spiro atoms. The lowest BCUT2D eigenvalue weighted by molar-refractivity contribution is -0.123. The molecular formula is C15H18ClN3O2. The number of nitrogens with one attached hydrogen (secondary N) is 2. The third-order valence-electron chi connectivity index (χ3n) is 3.99. The topological polar surface area (TPSA) is 61.4 Å². The standard InChI is InChI=1S/C15H18ClN3O2/c16-11-4-1-2-6-13(11)19-9-10(8-14(19)20)18-15(21)12-5-3-7-17-12/h1-2,4,6,10,12,17H,3,5,7-9H2,(H,18,21). The van der Waals surface area contributed by atoms with Crippen LogP contribution >= 0.6 is 11.6 Å². The average molecular weight is 308 g/mol. The van der Waals surface area contributed by atoms with Crippen LogP contribution < -0.4 is 15.5 Å². The zero-order chi connectivity index (χ0) is 14.8. The summed E-state index contributed by atoms with van der Waals surface area (Å²) < 4.78 is 0. The summed E-state index contributed by atoms with van der Waals surface area (Å²) in [6, 6.07) is 7.00. The molecule has 5 nitrogen and oxygen atoms in total. The van der Waals surface area contributed by atoms with Crippen molar-refractivity contribution < 1.29 is 9.59 Å². The van der Waals surface area contributed by atoms with E-state index >= 15 is 0 Å². The second-order valence-corrected chi connectivity index (χ2v) is 5.92. The van der Waals surface area contributed by atoms with E-state index in [1.54, 1.807) is 11.0 Å². The predicted octanol–water partition coefficient (Wildman–Crippen LogP) is 1.31. The van der Waals surface area contributed by atoms with E-state index in [4.69, 9.17) is 11.6 Å². The summed E-state index contributed by atoms with van der Waals surface area (Å²) in [5.74, 6) is -0.0147. The number of anilines is 1. The highest BCUT2D eigenvalue weighted by Gasteiger charge is 2.34. The van der Waals surface area contributed by atoms with Gasteiger partial charge in [0.15, 0.2) is 0 Å². The van der Waals surface area contributed by atoms with Crippen molar-refractivity contribution in [2.75, 3.05) is 18.0 Å². The van der Waals surface area contributed by atoms with Gasteiger partial charge in [-0.3, -0.25) is 9.59 Å². The highest BCUT2D eigenvalue weighted by atomic mass is 35.5. The first kappa shape index (κ1) is 14.4. The van der Waals surface area contributed by atoms with Crippen LogP contribution in [0.2, 0.25) is 5.02 Å². The van der Waals surface area contributed by atoms with Gasteiger partial charge < -0.3 is 15.5 Å². The van der Waals surface area contributed by atoms with Crippen LogP contribution in [0.4, 0.5) is 5.69 Å². The van der Waals surface area contributed by atoms with E-state index in [1.165, 1.54) is 0 Å². The fraction of sp³-hybridized carbons (Fsp3) is 0.467. The molecule has 2 saturated heterocycles. The number of halogens is 1. The van der Waals surface area contributed by atoms with Crippen LogP contribution in [0.15, 0.2) is 24.3 Å². The van der Waals surface area contributed by atoms with Crippen LogP contribution in [0, 0.1) is 0 Å². The van der Waals surface area contributed by atoms with E-state index in [2.05, 4.69) is 10.6 Å². The fourth-order valence-electron chi connectivity index (χ4n) is 2.92. The summed E-state index contributed by atoms with van der Waals surface area (Å²) in [5.41, 5.74) is 0.708. The number of rotatable bonds is 3. The molecule has 21 heavy (non-hydrogen) atoms. The van der Waals surface area contributed by atoms with Crippen LogP contribution in [-0.2, 0) is 9.59 Å². The molecule has 112 valence electrons. The maximum absolute atomic E-state index is 12.1. The number of para-hydroxylation sites is 1. The minimum Gasteiger partial charge on any atom is -0.350 e. The summed E-state index contributed by atoms with van der Waals surface area (Å²) in [5, 5.41) is 6.68. The molecule has 0 aliphatic carbocycles. The highest BCUT2D eigenvalue weighted by Crippen LogP contribution is 2.29. The average Bonchev–Trinajstić information content (AvgIpc) is 3.09. The number of nitrogens with zero attached hydrogens (tertiary/aromatic N) is 1. The van der Waals surface area contributed by atoms with Crippen molar-refractivity contribution in [1.29, 1.82) is 0 Å². The molecule has 0 saturated carbocycles. The molecule has 2 N–H and O–H groups in total. The quantitative estimate of drug-likeness (QED) is 0.885. The highest BCUT2D eigenvalue weighted by molar-refractivity contribution is 6.33. The van der Waals surface area contributed by atoms with Crippen molar-refractivity contribution in [2.24, 2.45) is 0 Å². The molecule has 2 fully saturated rings. The van der Waals surface area contributed by atoms with Gasteiger partial charge in [0.25, 0.3) is 0 Å². The molecule has 0 radical (unpaired) electrons. The number of carbonyl (C=O) groups is 2. The van der Waals surface area contributed by atoms with Gasteiger partial charge in [-0.15, -0.1) is 0 Å². The molecule has 2 aliphatic heterocycles. The molecule has 0 aromatic heterocycles. The van der Waals surface area contributed by atoms with E-state index in [-0.39, 0.29) is 23.9 Å². The van der Waals surface area contributed by atoms with Crippen molar-refractivity contribution in [3.05, 3.63) is 29.3 Å². The van der Waals surface area contributed by atoms with Gasteiger partial charge in [-0.05, 0) is 31.5 Å². The van der Waals surface area contributed by atoms with E-state index < -0.39 is 0 Å². The van der Waals surface area contributed by atoms with Crippen LogP contribution in [0.5, 0.6) is 0 Å². The van der Waals surface area contributed by atoms with Gasteiger partial charge in [0.1, 0.15) is 0 Å². The number of hydrogen-bond acceptors (Lipinski definition) is 3. The van der Waals surface area contributed by atoms with Gasteiger partial charge in [0.2, 0.25) is 11.8 Å². The van der Waals surface area contributed by atoms with Gasteiger partial charge in [0.05, 0.1) is 22.8 Å². The van der Waals surface area contributed by atoms with Crippen molar-refractivity contribution in [1.82, 2.24) is 10.6 Å². The Kier molecular flexibility index (Phi) is 4.12. The van der Waals surface area contributed by atoms with Crippen LogP contribution in [-0.4, -0.2) is 37.0 Å². The number of carbonyl (C=O) groups excluding carboxylic acids is 2. The summed E-state index contributed by atoms with van der Waals surface area (Å²) in [7, 11) is 0. The van der Waals surface area contributed by atoms with Crippen molar-refractivity contribution in [3.63, 3.8) is 0 Å². The Balaban J connectivity index is 1.65. The minimum absolute atomic E-state index is 0.00668. The Morgan fingerprint density at radius 3 is 2.90 bits per heavy atom. The van der Waals surface area contributed by atoms with Crippen LogP contribution in [0.1, 0.15) is 19.3 Å². The van der Waals surface area contributed by atoms with Gasteiger partial charge in [0, 0.05) is 13.0 Å². The van der Waals surface area contributed by atoms with Gasteiger partial charge in [-0.1, -0.05) is 23.7 Å². The largest absolute Gasteiger partial charge is 0.350 e. The van der Waals surface area contributed by atoms with E-state index in [1.807, 2.05) is 18.2 Å². The lowest BCUT2D eigenvalue weighted by atomic mass is 10.2. The Morgan fingerprint density at radius 1 is 1.38 bits per heavy atom. The van der Waals surface area contributed by atoms with Crippen LogP contribution in [0.3, 0.4) is 0 Å². The van der Waals surface area contributed by atoms with Gasteiger partial charge in [-0.25, -0.2) is 0 Å². The van der Waals surface area contributed by atoms with Crippen LogP contribution in [0.25, 0.3) is 0 Å². The maximum atomic E-state index is 12.1. The zero-order valence-corrected chi connectivity index (χ0v) is 12.4. The molecule has 3 rings (SSSR count). The molecule has 2 aliphatic rings. The molecular weight excluding hydrogens is 290 g/mol. The lowest BCUT2D eigenvalue weighted by Gasteiger charge is -2.19. The van der Waals surface area contributed by atoms with Crippen molar-refractivity contribution >= 4 is 29.1 Å². The number of benzene rings is 1. The third kappa shape index (κ3) is 3.04. The Morgan fingerprint density at radius 2 is 2.19 bits per heavy atom. The summed E-state index contributed by atoms with van der Waals surface area (Å²) in [6.45, 7) is 1.36. The van der Waals surface area contributed by atoms with E-state index in [9.17, 15) is 9.59 Å². The third-order valence-corrected chi connectivity index (χ3v) is 4.31. The second kappa shape index (κ2) is 6.03. The molecule has 2 atom stereocenters. The molecule has 6 heteroatoms. The minimum atomic E-state index is -0.149. The Labute approximate surface area is 128 Å². The number of amides is 2. The van der Waals surface area contributed by atoms with Crippen molar-refractivity contribution in [2.45, 2.75) is 31.3 Å². The van der Waals surface area contributed by atoms with Gasteiger partial charge >= 0.3 is 0 Å². The fourth-order valence-corrected chi connectivity index (χ4v) is 3.16. The first-order valence-corrected chi connectivity index (χ1v) is 7.61. The summed E-state index contributed by atoms with van der Waals surface area (Å²) in [4.78, 5) is 25.9. The summed E-state index contributed by atoms with van der Waals surface area (Å²) >= 11 is 6.14. The smallest absolute Gasteiger partial charge is 0.237 e. The van der Waals surface area contributed by atoms with E-state index in [0.29, 0.717) is 23.7 Å². The first-order valence-electron chi connectivity index (χ1n) is 7.24. The molecule has 2 unspecified atom stereocenters. The normalized spacial score (nSPS) is 25.4. The monoisotopic (exact) mass is 307 g/mol. The van der Waals surface area contributed by atoms with Crippen molar-refractivity contribution in [3.8, 4) is 0 Å².